The number of nitrogens with zero attached hydrogens (tertiary/aromatic N) is 3. The predicted octanol–water partition coefficient (Wildman–Crippen LogP) is 3.46. The van der Waals surface area contributed by atoms with Crippen LogP contribution >= 0.6 is 11.3 Å². The molecule has 1 saturated carbocycles. The Morgan fingerprint density at radius 1 is 1.27 bits per heavy atom. The van der Waals surface area contributed by atoms with E-state index in [0.717, 1.165) is 45.7 Å². The molecule has 0 radical (unpaired) electrons. The van der Waals surface area contributed by atoms with Crippen LogP contribution in [0.1, 0.15) is 45.3 Å². The summed E-state index contributed by atoms with van der Waals surface area (Å²) in [7, 11) is 4.32. The van der Waals surface area contributed by atoms with Crippen LogP contribution in [-0.4, -0.2) is 41.0 Å². The Bertz CT molecular complexity index is 750. The molecule has 4 nitrogen and oxygen atoms in total. The second-order valence-corrected chi connectivity index (χ2v) is 7.60. The van der Waals surface area contributed by atoms with Crippen molar-refractivity contribution in [1.29, 1.82) is 0 Å². The molecule has 0 aliphatic heterocycles. The molecule has 2 aromatic heterocycles. The molecule has 1 N–H and O–H groups in total. The quantitative estimate of drug-likeness (QED) is 0.941. The third kappa shape index (κ3) is 2.50. The summed E-state index contributed by atoms with van der Waals surface area (Å²) in [6.07, 6.45) is 6.50. The third-order valence-electron chi connectivity index (χ3n) is 5.02. The number of aryl methyl sites for hydroxylation is 2. The van der Waals surface area contributed by atoms with Gasteiger partial charge in [-0.15, -0.1) is 11.3 Å². The van der Waals surface area contributed by atoms with Crippen LogP contribution in [0, 0.1) is 0 Å². The van der Waals surface area contributed by atoms with Crippen molar-refractivity contribution < 1.29 is 2.74 Å². The van der Waals surface area contributed by atoms with Crippen molar-refractivity contribution in [3.05, 3.63) is 16.8 Å². The minimum absolute atomic E-state index is 0.452. The van der Waals surface area contributed by atoms with Crippen LogP contribution < -0.4 is 5.32 Å². The fraction of sp³-hybridized carbons (Fsp3) is 0.647. The number of thiophene rings is 1. The highest BCUT2D eigenvalue weighted by Gasteiger charge is 2.25. The normalized spacial score (nSPS) is 28.5. The van der Waals surface area contributed by atoms with Crippen molar-refractivity contribution in [2.24, 2.45) is 0 Å². The van der Waals surface area contributed by atoms with E-state index >= 15 is 0 Å². The molecule has 118 valence electrons. The Morgan fingerprint density at radius 2 is 2.09 bits per heavy atom. The van der Waals surface area contributed by atoms with Crippen molar-refractivity contribution in [2.45, 2.75) is 57.0 Å². The van der Waals surface area contributed by atoms with E-state index in [1.165, 1.54) is 24.2 Å². The van der Waals surface area contributed by atoms with E-state index in [4.69, 9.17) is 2.74 Å². The van der Waals surface area contributed by atoms with Gasteiger partial charge in [0, 0.05) is 19.7 Å². The molecule has 1 fully saturated rings. The Balaban J connectivity index is 1.60. The van der Waals surface area contributed by atoms with Crippen LogP contribution in [0.25, 0.3) is 10.2 Å². The molecule has 0 aromatic carbocycles. The van der Waals surface area contributed by atoms with E-state index in [0.29, 0.717) is 18.5 Å². The molecule has 2 heterocycles. The minimum atomic E-state index is -1.21. The van der Waals surface area contributed by atoms with Gasteiger partial charge in [-0.1, -0.05) is 0 Å². The van der Waals surface area contributed by atoms with Crippen LogP contribution in [0.5, 0.6) is 0 Å². The van der Waals surface area contributed by atoms with Crippen molar-refractivity contribution >= 4 is 27.4 Å². The second-order valence-electron chi connectivity index (χ2n) is 6.60. The Morgan fingerprint density at radius 3 is 2.86 bits per heavy atom. The van der Waals surface area contributed by atoms with E-state index in [-0.39, 0.29) is 0 Å². The summed E-state index contributed by atoms with van der Waals surface area (Å²) in [5.74, 6) is 0.906. The molecule has 4 rings (SSSR count). The van der Waals surface area contributed by atoms with E-state index < -0.39 is 6.37 Å². The van der Waals surface area contributed by atoms with Gasteiger partial charge in [-0.25, -0.2) is 9.97 Å². The molecular formula is C17H24N4S. The van der Waals surface area contributed by atoms with Gasteiger partial charge >= 0.3 is 0 Å². The maximum absolute atomic E-state index is 8.19. The lowest BCUT2D eigenvalue weighted by molar-refractivity contribution is 0.221. The zero-order chi connectivity index (χ0) is 16.9. The van der Waals surface area contributed by atoms with E-state index in [1.54, 1.807) is 6.33 Å². The highest BCUT2D eigenvalue weighted by molar-refractivity contribution is 7.19. The maximum atomic E-state index is 8.19. The maximum Gasteiger partial charge on any atom is 0.138 e. The Hall–Kier alpha value is -1.20. The summed E-state index contributed by atoms with van der Waals surface area (Å²) in [5, 5.41) is 4.70. The topological polar surface area (TPSA) is 41.1 Å². The lowest BCUT2D eigenvalue weighted by Gasteiger charge is -2.33. The zero-order valence-corrected chi connectivity index (χ0v) is 14.0. The zero-order valence-electron chi connectivity index (χ0n) is 15.2. The first-order chi connectivity index (χ1) is 11.5. The number of anilines is 1. The molecule has 0 bridgehead atoms. The lowest BCUT2D eigenvalue weighted by atomic mass is 9.90. The molecule has 5 heteroatoms. The van der Waals surface area contributed by atoms with Gasteiger partial charge in [-0.3, -0.25) is 0 Å². The smallest absolute Gasteiger partial charge is 0.138 e. The fourth-order valence-electron chi connectivity index (χ4n) is 3.71. The number of rotatable bonds is 3. The Kier molecular flexibility index (Phi) is 3.22. The molecule has 2 aromatic rings. The first-order valence-corrected chi connectivity index (χ1v) is 8.97. The SMILES string of the molecule is [2H]C1([2H])CCc2c1sc1ncnc(N[C@H]3CC[C@H](N(C)C)CC3)c21. The molecule has 0 spiro atoms. The van der Waals surface area contributed by atoms with Crippen LogP contribution in [0.4, 0.5) is 5.82 Å². The van der Waals surface area contributed by atoms with Gasteiger partial charge in [0.25, 0.3) is 0 Å². The van der Waals surface area contributed by atoms with Crippen LogP contribution in [0.2, 0.25) is 0 Å². The number of fused-ring (bicyclic) bond motifs is 3. The van der Waals surface area contributed by atoms with Gasteiger partial charge < -0.3 is 10.2 Å². The van der Waals surface area contributed by atoms with Crippen LogP contribution in [0.3, 0.4) is 0 Å². The van der Waals surface area contributed by atoms with Gasteiger partial charge in [0.2, 0.25) is 0 Å². The fourth-order valence-corrected chi connectivity index (χ4v) is 4.83. The summed E-state index contributed by atoms with van der Waals surface area (Å²) in [6.45, 7) is 0. The standard InChI is InChI=1S/C17H24N4S/c1-21(2)12-8-6-11(7-9-12)20-16-15-13-4-3-5-14(13)22-17(15)19-10-18-16/h10-12H,3-9H2,1-2H3,(H,18,19,20)/t11-,12-/i5D2. The first kappa shape index (κ1) is 12.3. The van der Waals surface area contributed by atoms with Crippen molar-refractivity contribution in [1.82, 2.24) is 14.9 Å². The predicted molar refractivity (Wildman–Crippen MR) is 92.8 cm³/mol. The molecule has 22 heavy (non-hydrogen) atoms. The molecular weight excluding hydrogens is 292 g/mol. The van der Waals surface area contributed by atoms with Gasteiger partial charge in [0.15, 0.2) is 0 Å². The largest absolute Gasteiger partial charge is 0.367 e. The average Bonchev–Trinajstić information content (AvgIpc) is 3.06. The van der Waals surface area contributed by atoms with Gasteiger partial charge in [0.05, 0.1) is 5.39 Å². The van der Waals surface area contributed by atoms with Gasteiger partial charge in [-0.05, 0) is 64.6 Å². The van der Waals surface area contributed by atoms with Gasteiger partial charge in [0.1, 0.15) is 17.0 Å². The van der Waals surface area contributed by atoms with Crippen molar-refractivity contribution in [3.63, 3.8) is 0 Å². The highest BCUT2D eigenvalue weighted by Crippen LogP contribution is 2.39. The molecule has 2 aliphatic carbocycles. The summed E-state index contributed by atoms with van der Waals surface area (Å²) < 4.78 is 16.4. The molecule has 0 atom stereocenters. The summed E-state index contributed by atoms with van der Waals surface area (Å²) in [5.41, 5.74) is 1.13. The number of hydrogen-bond acceptors (Lipinski definition) is 5. The minimum Gasteiger partial charge on any atom is -0.367 e. The molecule has 0 unspecified atom stereocenters. The molecule has 0 amide bonds. The molecule has 2 aliphatic rings. The van der Waals surface area contributed by atoms with Crippen LogP contribution in [-0.2, 0) is 12.8 Å². The second kappa shape index (κ2) is 5.78. The summed E-state index contributed by atoms with van der Waals surface area (Å²) >= 11 is 1.50. The van der Waals surface area contributed by atoms with Crippen LogP contribution in [0.15, 0.2) is 6.33 Å². The first-order valence-electron chi connectivity index (χ1n) is 9.15. The Labute approximate surface area is 138 Å². The highest BCUT2D eigenvalue weighted by atomic mass is 32.1. The number of aromatic nitrogens is 2. The van der Waals surface area contributed by atoms with Gasteiger partial charge in [-0.2, -0.15) is 0 Å². The number of nitrogens with one attached hydrogen (secondary N) is 1. The number of hydrogen-bond donors (Lipinski definition) is 1. The monoisotopic (exact) mass is 318 g/mol. The average molecular weight is 318 g/mol. The van der Waals surface area contributed by atoms with E-state index in [9.17, 15) is 0 Å². The third-order valence-corrected chi connectivity index (χ3v) is 6.11. The lowest BCUT2D eigenvalue weighted by Crippen LogP contribution is -2.36. The summed E-state index contributed by atoms with van der Waals surface area (Å²) in [6, 6.07) is 1.14. The van der Waals surface area contributed by atoms with E-state index in [2.05, 4.69) is 34.3 Å². The van der Waals surface area contributed by atoms with E-state index in [1.807, 2.05) is 0 Å². The summed E-state index contributed by atoms with van der Waals surface area (Å²) in [4.78, 5) is 13.0. The van der Waals surface area contributed by atoms with Crippen molar-refractivity contribution in [2.75, 3.05) is 19.4 Å². The molecule has 0 saturated heterocycles. The van der Waals surface area contributed by atoms with Crippen molar-refractivity contribution in [3.8, 4) is 0 Å².